The van der Waals surface area contributed by atoms with Crippen LogP contribution in [0.15, 0.2) is 29.1 Å². The molecular weight excluding hydrogens is 441 g/mol. The molecule has 10 nitrogen and oxygen atoms in total. The molecule has 0 aliphatic carbocycles. The lowest BCUT2D eigenvalue weighted by Crippen LogP contribution is -2.38. The molecule has 1 amide bonds. The van der Waals surface area contributed by atoms with E-state index in [-0.39, 0.29) is 18.2 Å². The summed E-state index contributed by atoms with van der Waals surface area (Å²) in [6, 6.07) is 4.91. The van der Waals surface area contributed by atoms with Crippen molar-refractivity contribution in [3.63, 3.8) is 0 Å². The number of hydrogen-bond donors (Lipinski definition) is 3. The van der Waals surface area contributed by atoms with Crippen LogP contribution in [0.25, 0.3) is 0 Å². The van der Waals surface area contributed by atoms with Gasteiger partial charge in [0.05, 0.1) is 6.04 Å². The van der Waals surface area contributed by atoms with E-state index >= 15 is 0 Å². The van der Waals surface area contributed by atoms with Gasteiger partial charge >= 0.3 is 0 Å². The summed E-state index contributed by atoms with van der Waals surface area (Å²) in [6.07, 6.45) is 1.86. The van der Waals surface area contributed by atoms with Crippen molar-refractivity contribution in [1.82, 2.24) is 24.5 Å². The van der Waals surface area contributed by atoms with E-state index in [0.717, 1.165) is 4.31 Å². The quantitative estimate of drug-likeness (QED) is 0.545. The molecule has 0 fully saturated rings. The van der Waals surface area contributed by atoms with Crippen LogP contribution in [0.5, 0.6) is 5.75 Å². The lowest BCUT2D eigenvalue weighted by molar-refractivity contribution is 0.0941. The second-order valence-corrected chi connectivity index (χ2v) is 9.91. The van der Waals surface area contributed by atoms with E-state index in [9.17, 15) is 27.5 Å². The average Bonchev–Trinajstić information content (AvgIpc) is 2.96. The highest BCUT2D eigenvalue weighted by Gasteiger charge is 2.28. The van der Waals surface area contributed by atoms with Crippen LogP contribution in [0, 0.1) is 5.82 Å². The normalized spacial score (nSPS) is 16.4. The number of carbonyl (C=O) groups excluding carboxylic acids is 1. The van der Waals surface area contributed by atoms with Crippen molar-refractivity contribution in [3.05, 3.63) is 57.5 Å². The summed E-state index contributed by atoms with van der Waals surface area (Å²) in [7, 11) is -0.709. The van der Waals surface area contributed by atoms with Crippen molar-refractivity contribution in [2.45, 2.75) is 38.4 Å². The zero-order valence-electron chi connectivity index (χ0n) is 17.8. The van der Waals surface area contributed by atoms with Crippen molar-refractivity contribution < 1.29 is 22.7 Å². The minimum Gasteiger partial charge on any atom is -0.501 e. The van der Waals surface area contributed by atoms with Crippen molar-refractivity contribution in [2.24, 2.45) is 0 Å². The molecule has 1 aromatic carbocycles. The Balaban J connectivity index is 1.88. The van der Waals surface area contributed by atoms with Gasteiger partial charge in [-0.1, -0.05) is 12.1 Å². The van der Waals surface area contributed by atoms with Gasteiger partial charge in [0.25, 0.3) is 11.5 Å². The molecule has 1 aliphatic heterocycles. The largest absolute Gasteiger partial charge is 0.501 e. The average molecular weight is 468 g/mol. The summed E-state index contributed by atoms with van der Waals surface area (Å²) in [5.74, 6) is -2.12. The number of aromatic hydroxyl groups is 1. The SMILES string of the molecule is CN(C)S(=O)(=O)CNC1CCCCn2c1nc(C(=O)NCc1ccc(F)cc1)c(O)c2=O. The summed E-state index contributed by atoms with van der Waals surface area (Å²) < 4.78 is 39.7. The number of nitrogens with one attached hydrogen (secondary N) is 2. The number of halogens is 1. The number of sulfonamides is 1. The molecule has 174 valence electrons. The molecule has 2 heterocycles. The number of amides is 1. The predicted octanol–water partition coefficient (Wildman–Crippen LogP) is 0.681. The number of rotatable bonds is 7. The molecule has 0 saturated carbocycles. The third-order valence-electron chi connectivity index (χ3n) is 5.26. The van der Waals surface area contributed by atoms with E-state index < -0.39 is 44.8 Å². The fourth-order valence-corrected chi connectivity index (χ4v) is 4.02. The molecule has 3 N–H and O–H groups in total. The summed E-state index contributed by atoms with van der Waals surface area (Å²) in [5.41, 5.74) is -0.571. The van der Waals surface area contributed by atoms with Crippen LogP contribution in [0.1, 0.15) is 47.2 Å². The second kappa shape index (κ2) is 9.76. The van der Waals surface area contributed by atoms with Crippen LogP contribution >= 0.6 is 0 Å². The Labute approximate surface area is 185 Å². The van der Waals surface area contributed by atoms with Crippen LogP contribution < -0.4 is 16.2 Å². The number of carbonyl (C=O) groups is 1. The first kappa shape index (κ1) is 23.8. The molecule has 0 spiro atoms. The lowest BCUT2D eigenvalue weighted by Gasteiger charge is -2.21. The van der Waals surface area contributed by atoms with Gasteiger partial charge in [0.1, 0.15) is 17.5 Å². The molecule has 1 unspecified atom stereocenters. The third-order valence-corrected chi connectivity index (χ3v) is 6.91. The van der Waals surface area contributed by atoms with E-state index in [0.29, 0.717) is 31.4 Å². The maximum Gasteiger partial charge on any atom is 0.296 e. The topological polar surface area (TPSA) is 134 Å². The van der Waals surface area contributed by atoms with E-state index in [1.165, 1.54) is 42.9 Å². The Morgan fingerprint density at radius 1 is 1.28 bits per heavy atom. The van der Waals surface area contributed by atoms with Crippen molar-refractivity contribution in [2.75, 3.05) is 20.0 Å². The Morgan fingerprint density at radius 2 is 1.97 bits per heavy atom. The van der Waals surface area contributed by atoms with Gasteiger partial charge in [0.2, 0.25) is 15.8 Å². The highest BCUT2D eigenvalue weighted by Crippen LogP contribution is 2.24. The van der Waals surface area contributed by atoms with Gasteiger partial charge in [-0.2, -0.15) is 0 Å². The van der Waals surface area contributed by atoms with Crippen LogP contribution in [0.3, 0.4) is 0 Å². The van der Waals surface area contributed by atoms with E-state index in [4.69, 9.17) is 0 Å². The third kappa shape index (κ3) is 5.31. The highest BCUT2D eigenvalue weighted by molar-refractivity contribution is 7.89. The fraction of sp³-hybridized carbons (Fsp3) is 0.450. The molecule has 12 heteroatoms. The number of hydrogen-bond acceptors (Lipinski definition) is 7. The van der Waals surface area contributed by atoms with Gasteiger partial charge in [0, 0.05) is 27.2 Å². The summed E-state index contributed by atoms with van der Waals surface area (Å²) in [4.78, 5) is 29.7. The molecule has 3 rings (SSSR count). The van der Waals surface area contributed by atoms with Crippen molar-refractivity contribution >= 4 is 15.9 Å². The maximum atomic E-state index is 13.0. The first-order chi connectivity index (χ1) is 15.1. The molecule has 1 aliphatic rings. The van der Waals surface area contributed by atoms with Gasteiger partial charge in [-0.15, -0.1) is 0 Å². The molecule has 2 aromatic rings. The van der Waals surface area contributed by atoms with Crippen LogP contribution in [-0.4, -0.2) is 53.3 Å². The minimum absolute atomic E-state index is 0.0431. The summed E-state index contributed by atoms with van der Waals surface area (Å²) >= 11 is 0. The first-order valence-electron chi connectivity index (χ1n) is 10.1. The number of fused-ring (bicyclic) bond motifs is 1. The Kier molecular flexibility index (Phi) is 7.26. The molecule has 0 bridgehead atoms. The summed E-state index contributed by atoms with van der Waals surface area (Å²) in [5, 5.41) is 15.8. The van der Waals surface area contributed by atoms with Gasteiger partial charge in [-0.3, -0.25) is 19.5 Å². The van der Waals surface area contributed by atoms with Crippen LogP contribution in [-0.2, 0) is 23.1 Å². The molecule has 0 saturated heterocycles. The number of nitrogens with zero attached hydrogens (tertiary/aromatic N) is 3. The zero-order valence-corrected chi connectivity index (χ0v) is 18.7. The lowest BCUT2D eigenvalue weighted by atomic mass is 10.1. The maximum absolute atomic E-state index is 13.0. The number of benzene rings is 1. The molecule has 1 atom stereocenters. The predicted molar refractivity (Wildman–Crippen MR) is 115 cm³/mol. The molecule has 32 heavy (non-hydrogen) atoms. The zero-order chi connectivity index (χ0) is 23.5. The van der Waals surface area contributed by atoms with Gasteiger partial charge < -0.3 is 10.4 Å². The molecule has 1 aromatic heterocycles. The van der Waals surface area contributed by atoms with E-state index in [2.05, 4.69) is 15.6 Å². The van der Waals surface area contributed by atoms with E-state index in [1.807, 2.05) is 0 Å². The van der Waals surface area contributed by atoms with Gasteiger partial charge in [-0.05, 0) is 37.0 Å². The first-order valence-corrected chi connectivity index (χ1v) is 11.7. The minimum atomic E-state index is -3.55. The van der Waals surface area contributed by atoms with Crippen molar-refractivity contribution in [3.8, 4) is 5.75 Å². The van der Waals surface area contributed by atoms with Crippen LogP contribution in [0.4, 0.5) is 4.39 Å². The Morgan fingerprint density at radius 3 is 2.62 bits per heavy atom. The summed E-state index contributed by atoms with van der Waals surface area (Å²) in [6.45, 7) is 0.340. The Hall–Kier alpha value is -2.83. The number of aromatic nitrogens is 2. The second-order valence-electron chi connectivity index (χ2n) is 7.72. The molecular formula is C20H26FN5O5S. The standard InChI is InChI=1S/C20H26FN5O5S/c1-25(2)32(30,31)12-23-15-5-3-4-10-26-18(15)24-16(17(27)20(26)29)19(28)22-11-13-6-8-14(21)9-7-13/h6-9,15,23,27H,3-5,10-12H2,1-2H3,(H,22,28). The fourth-order valence-electron chi connectivity index (χ4n) is 3.35. The van der Waals surface area contributed by atoms with Gasteiger partial charge in [-0.25, -0.2) is 22.1 Å². The highest BCUT2D eigenvalue weighted by atomic mass is 32.2. The monoisotopic (exact) mass is 467 g/mol. The van der Waals surface area contributed by atoms with Crippen molar-refractivity contribution in [1.29, 1.82) is 0 Å². The molecule has 0 radical (unpaired) electrons. The smallest absolute Gasteiger partial charge is 0.296 e. The van der Waals surface area contributed by atoms with Crippen LogP contribution in [0.2, 0.25) is 0 Å². The van der Waals surface area contributed by atoms with E-state index in [1.54, 1.807) is 0 Å². The Bertz CT molecular complexity index is 1150. The van der Waals surface area contributed by atoms with Gasteiger partial charge in [0.15, 0.2) is 5.69 Å².